The van der Waals surface area contributed by atoms with E-state index in [2.05, 4.69) is 31.3 Å². The largest absolute Gasteiger partial charge is 0.495 e. The monoisotopic (exact) mass is 404 g/mol. The van der Waals surface area contributed by atoms with Crippen molar-refractivity contribution in [2.45, 2.75) is 6.92 Å². The fourth-order valence-corrected chi connectivity index (χ4v) is 3.13. The number of anilines is 1. The van der Waals surface area contributed by atoms with E-state index in [1.54, 1.807) is 23.0 Å². The first-order valence-corrected chi connectivity index (χ1v) is 8.26. The number of amides is 1. The lowest BCUT2D eigenvalue weighted by molar-refractivity contribution is 0.102. The van der Waals surface area contributed by atoms with Crippen molar-refractivity contribution in [2.75, 3.05) is 19.5 Å². The lowest BCUT2D eigenvalue weighted by atomic mass is 10.1. The third kappa shape index (κ3) is 3.17. The molecule has 130 valence electrons. The molecule has 0 aliphatic heterocycles. The Balaban J connectivity index is 1.93. The van der Waals surface area contributed by atoms with E-state index in [1.165, 1.54) is 14.2 Å². The summed E-state index contributed by atoms with van der Waals surface area (Å²) in [5.41, 5.74) is 2.63. The zero-order valence-corrected chi connectivity index (χ0v) is 15.8. The number of ether oxygens (including phenoxy) is 2. The average Bonchev–Trinajstić information content (AvgIpc) is 2.89. The van der Waals surface area contributed by atoms with Crippen LogP contribution in [0.2, 0.25) is 0 Å². The number of halogens is 1. The highest BCUT2D eigenvalue weighted by Crippen LogP contribution is 2.35. The number of hydrogen-bond donors (Lipinski definition) is 1. The van der Waals surface area contributed by atoms with Crippen molar-refractivity contribution in [2.24, 2.45) is 7.05 Å². The maximum Gasteiger partial charge on any atom is 0.255 e. The highest BCUT2D eigenvalue weighted by atomic mass is 79.9. The molecule has 1 aromatic carbocycles. The van der Waals surface area contributed by atoms with Crippen molar-refractivity contribution in [1.29, 1.82) is 0 Å². The fourth-order valence-electron chi connectivity index (χ4n) is 2.58. The van der Waals surface area contributed by atoms with Crippen molar-refractivity contribution in [3.05, 3.63) is 40.1 Å². The molecular formula is C17H17BrN4O3. The molecule has 8 heteroatoms. The first-order chi connectivity index (χ1) is 11.9. The third-order valence-corrected chi connectivity index (χ3v) is 4.61. The van der Waals surface area contributed by atoms with Gasteiger partial charge >= 0.3 is 0 Å². The summed E-state index contributed by atoms with van der Waals surface area (Å²) < 4.78 is 12.9. The number of carbonyl (C=O) groups is 1. The van der Waals surface area contributed by atoms with Gasteiger partial charge in [0.1, 0.15) is 16.0 Å². The van der Waals surface area contributed by atoms with E-state index < -0.39 is 0 Å². The van der Waals surface area contributed by atoms with Crippen LogP contribution < -0.4 is 14.8 Å². The highest BCUT2D eigenvalue weighted by molar-refractivity contribution is 9.10. The van der Waals surface area contributed by atoms with E-state index in [4.69, 9.17) is 9.47 Å². The molecule has 2 aromatic heterocycles. The summed E-state index contributed by atoms with van der Waals surface area (Å²) in [5.74, 6) is 0.745. The Morgan fingerprint density at radius 1 is 1.20 bits per heavy atom. The Labute approximate surface area is 153 Å². The SMILES string of the molecule is COc1cc(C(=O)Nc2cnc3c(c2)c(C)nn3C)cc(OC)c1Br. The van der Waals surface area contributed by atoms with Crippen LogP contribution in [0.3, 0.4) is 0 Å². The fraction of sp³-hybridized carbons (Fsp3) is 0.235. The minimum absolute atomic E-state index is 0.285. The molecule has 3 rings (SSSR count). The van der Waals surface area contributed by atoms with Crippen LogP contribution >= 0.6 is 15.9 Å². The maximum absolute atomic E-state index is 12.6. The van der Waals surface area contributed by atoms with Crippen LogP contribution in [0.15, 0.2) is 28.9 Å². The van der Waals surface area contributed by atoms with Gasteiger partial charge in [0.2, 0.25) is 0 Å². The van der Waals surface area contributed by atoms with Crippen LogP contribution in [-0.2, 0) is 7.05 Å². The lowest BCUT2D eigenvalue weighted by Crippen LogP contribution is -2.12. The molecule has 0 saturated heterocycles. The molecule has 0 unspecified atom stereocenters. The molecule has 0 saturated carbocycles. The second kappa shape index (κ2) is 6.72. The van der Waals surface area contributed by atoms with Crippen molar-refractivity contribution in [3.63, 3.8) is 0 Å². The Morgan fingerprint density at radius 3 is 2.44 bits per heavy atom. The molecule has 0 fully saturated rings. The van der Waals surface area contributed by atoms with Crippen LogP contribution in [0.25, 0.3) is 11.0 Å². The Bertz CT molecular complexity index is 943. The predicted octanol–water partition coefficient (Wildman–Crippen LogP) is 3.31. The number of aryl methyl sites for hydroxylation is 2. The molecule has 3 aromatic rings. The molecule has 0 bridgehead atoms. The third-order valence-electron chi connectivity index (χ3n) is 3.83. The molecule has 1 amide bonds. The Morgan fingerprint density at radius 2 is 1.84 bits per heavy atom. The summed E-state index contributed by atoms with van der Waals surface area (Å²) in [6, 6.07) is 5.14. The summed E-state index contributed by atoms with van der Waals surface area (Å²) in [6.45, 7) is 1.90. The topological polar surface area (TPSA) is 78.3 Å². The number of nitrogens with zero attached hydrogens (tertiary/aromatic N) is 3. The van der Waals surface area contributed by atoms with Crippen LogP contribution in [0.4, 0.5) is 5.69 Å². The number of fused-ring (bicyclic) bond motifs is 1. The van der Waals surface area contributed by atoms with Crippen LogP contribution in [0, 0.1) is 6.92 Å². The highest BCUT2D eigenvalue weighted by Gasteiger charge is 2.15. The standard InChI is InChI=1S/C17H17BrN4O3/c1-9-12-7-11(8-19-16(12)22(2)21-9)20-17(23)10-5-13(24-3)15(18)14(6-10)25-4/h5-8H,1-4H3,(H,20,23). The summed E-state index contributed by atoms with van der Waals surface area (Å²) in [5, 5.41) is 8.07. The Kier molecular flexibility index (Phi) is 4.63. The van der Waals surface area contributed by atoms with Gasteiger partial charge in [0.25, 0.3) is 5.91 Å². The second-order valence-electron chi connectivity index (χ2n) is 5.45. The maximum atomic E-state index is 12.6. The molecular weight excluding hydrogens is 388 g/mol. The van der Waals surface area contributed by atoms with E-state index in [0.717, 1.165) is 16.7 Å². The number of pyridine rings is 1. The van der Waals surface area contributed by atoms with E-state index in [9.17, 15) is 4.79 Å². The molecule has 0 spiro atoms. The number of nitrogens with one attached hydrogen (secondary N) is 1. The normalized spacial score (nSPS) is 10.8. The number of carbonyl (C=O) groups excluding carboxylic acids is 1. The molecule has 0 aliphatic carbocycles. The average molecular weight is 405 g/mol. The minimum Gasteiger partial charge on any atom is -0.495 e. The smallest absolute Gasteiger partial charge is 0.255 e. The minimum atomic E-state index is -0.285. The van der Waals surface area contributed by atoms with Gasteiger partial charge in [-0.1, -0.05) is 0 Å². The van der Waals surface area contributed by atoms with Gasteiger partial charge in [-0.25, -0.2) is 4.98 Å². The number of hydrogen-bond acceptors (Lipinski definition) is 5. The van der Waals surface area contributed by atoms with E-state index in [-0.39, 0.29) is 5.91 Å². The van der Waals surface area contributed by atoms with Gasteiger partial charge in [0, 0.05) is 18.0 Å². The molecule has 2 heterocycles. The van der Waals surface area contributed by atoms with Gasteiger partial charge in [-0.15, -0.1) is 0 Å². The van der Waals surface area contributed by atoms with Gasteiger partial charge in [-0.05, 0) is 41.1 Å². The van der Waals surface area contributed by atoms with E-state index in [0.29, 0.717) is 27.2 Å². The van der Waals surface area contributed by atoms with Gasteiger partial charge in [-0.3, -0.25) is 9.48 Å². The zero-order chi connectivity index (χ0) is 18.1. The van der Waals surface area contributed by atoms with Crippen molar-refractivity contribution < 1.29 is 14.3 Å². The van der Waals surface area contributed by atoms with Crippen molar-refractivity contribution >= 4 is 38.6 Å². The Hall–Kier alpha value is -2.61. The van der Waals surface area contributed by atoms with Crippen LogP contribution in [0.5, 0.6) is 11.5 Å². The van der Waals surface area contributed by atoms with Gasteiger partial charge in [0.15, 0.2) is 5.65 Å². The van der Waals surface area contributed by atoms with Crippen LogP contribution in [-0.4, -0.2) is 34.9 Å². The number of rotatable bonds is 4. The molecule has 25 heavy (non-hydrogen) atoms. The first kappa shape index (κ1) is 17.2. The number of aromatic nitrogens is 3. The van der Waals surface area contributed by atoms with E-state index >= 15 is 0 Å². The number of methoxy groups -OCH3 is 2. The van der Waals surface area contributed by atoms with Gasteiger partial charge < -0.3 is 14.8 Å². The lowest BCUT2D eigenvalue weighted by Gasteiger charge is -2.11. The summed E-state index contributed by atoms with van der Waals surface area (Å²) >= 11 is 3.39. The zero-order valence-electron chi connectivity index (χ0n) is 14.3. The van der Waals surface area contributed by atoms with Crippen molar-refractivity contribution in [3.8, 4) is 11.5 Å². The molecule has 7 nitrogen and oxygen atoms in total. The summed E-state index contributed by atoms with van der Waals surface area (Å²) in [4.78, 5) is 17.0. The summed E-state index contributed by atoms with van der Waals surface area (Å²) in [7, 11) is 4.90. The molecule has 0 aliphatic rings. The van der Waals surface area contributed by atoms with E-state index in [1.807, 2.05) is 20.0 Å². The quantitative estimate of drug-likeness (QED) is 0.721. The molecule has 0 radical (unpaired) electrons. The van der Waals surface area contributed by atoms with Gasteiger partial charge in [-0.2, -0.15) is 5.10 Å². The summed E-state index contributed by atoms with van der Waals surface area (Å²) in [6.07, 6.45) is 1.61. The van der Waals surface area contributed by atoms with Gasteiger partial charge in [0.05, 0.1) is 31.8 Å². The first-order valence-electron chi connectivity index (χ1n) is 7.46. The molecule has 0 atom stereocenters. The second-order valence-corrected chi connectivity index (χ2v) is 6.25. The molecule has 1 N–H and O–H groups in total. The van der Waals surface area contributed by atoms with Crippen molar-refractivity contribution in [1.82, 2.24) is 14.8 Å². The predicted molar refractivity (Wildman–Crippen MR) is 98.4 cm³/mol. The van der Waals surface area contributed by atoms with Crippen LogP contribution in [0.1, 0.15) is 16.1 Å². The number of benzene rings is 1.